The van der Waals surface area contributed by atoms with Crippen LogP contribution in [0.4, 0.5) is 0 Å². The standard InChI is InChI=1S/C18H16O9/c1-25-10-4-9(19)11-12(15(10)22)14(21)8-6-18(16(23)26-2,17(24)27-3)5-7(8)13(11)20/h4,20-21H,5-6H2,1-3H3. The summed E-state index contributed by atoms with van der Waals surface area (Å²) < 4.78 is 14.3. The van der Waals surface area contributed by atoms with E-state index in [1.54, 1.807) is 0 Å². The van der Waals surface area contributed by atoms with Crippen molar-refractivity contribution in [2.24, 2.45) is 5.41 Å². The number of fused-ring (bicyclic) bond motifs is 2. The second kappa shape index (κ2) is 6.11. The molecule has 1 aromatic rings. The van der Waals surface area contributed by atoms with Crippen LogP contribution >= 0.6 is 0 Å². The van der Waals surface area contributed by atoms with Gasteiger partial charge in [0.1, 0.15) is 11.5 Å². The van der Waals surface area contributed by atoms with Crippen molar-refractivity contribution in [3.8, 4) is 11.5 Å². The minimum absolute atomic E-state index is 0.000512. The summed E-state index contributed by atoms with van der Waals surface area (Å²) in [5.74, 6) is -4.84. The first-order valence-electron chi connectivity index (χ1n) is 7.84. The number of phenolic OH excluding ortho intramolecular Hbond substituents is 2. The van der Waals surface area contributed by atoms with Crippen molar-refractivity contribution in [3.63, 3.8) is 0 Å². The zero-order chi connectivity index (χ0) is 20.1. The first-order chi connectivity index (χ1) is 12.7. The van der Waals surface area contributed by atoms with Gasteiger partial charge in [-0.15, -0.1) is 0 Å². The molecule has 2 aliphatic carbocycles. The zero-order valence-electron chi connectivity index (χ0n) is 14.7. The molecule has 9 nitrogen and oxygen atoms in total. The predicted molar refractivity (Wildman–Crippen MR) is 87.4 cm³/mol. The Bertz CT molecular complexity index is 923. The second-order valence-corrected chi connectivity index (χ2v) is 6.23. The lowest BCUT2D eigenvalue weighted by Gasteiger charge is -2.22. The van der Waals surface area contributed by atoms with E-state index in [4.69, 9.17) is 14.2 Å². The lowest BCUT2D eigenvalue weighted by Crippen LogP contribution is -2.42. The van der Waals surface area contributed by atoms with Crippen LogP contribution in [0, 0.1) is 5.41 Å². The second-order valence-electron chi connectivity index (χ2n) is 6.23. The molecule has 142 valence electrons. The number of esters is 2. The Balaban J connectivity index is 2.26. The molecular weight excluding hydrogens is 360 g/mol. The van der Waals surface area contributed by atoms with E-state index in [1.165, 1.54) is 7.11 Å². The smallest absolute Gasteiger partial charge is 0.323 e. The van der Waals surface area contributed by atoms with E-state index in [-0.39, 0.29) is 29.7 Å². The predicted octanol–water partition coefficient (Wildman–Crippen LogP) is 0.438. The SMILES string of the molecule is COC(=O)C1(C(=O)OC)Cc2c(O)c3c(c(O)c2C1)C(=O)C(OC)=CC3=O. The normalized spacial score (nSPS) is 16.9. The molecule has 0 saturated heterocycles. The highest BCUT2D eigenvalue weighted by Gasteiger charge is 2.55. The number of rotatable bonds is 3. The van der Waals surface area contributed by atoms with Crippen molar-refractivity contribution in [1.29, 1.82) is 0 Å². The van der Waals surface area contributed by atoms with Crippen molar-refractivity contribution < 1.29 is 43.6 Å². The molecule has 0 heterocycles. The molecule has 0 atom stereocenters. The topological polar surface area (TPSA) is 136 Å². The number of ether oxygens (including phenoxy) is 3. The number of benzene rings is 1. The highest BCUT2D eigenvalue weighted by atomic mass is 16.5. The van der Waals surface area contributed by atoms with Gasteiger partial charge in [-0.3, -0.25) is 19.2 Å². The highest BCUT2D eigenvalue weighted by molar-refractivity contribution is 6.26. The summed E-state index contributed by atoms with van der Waals surface area (Å²) in [4.78, 5) is 49.5. The van der Waals surface area contributed by atoms with Gasteiger partial charge in [-0.1, -0.05) is 0 Å². The van der Waals surface area contributed by atoms with Crippen LogP contribution in [0.2, 0.25) is 0 Å². The van der Waals surface area contributed by atoms with Gasteiger partial charge in [-0.2, -0.15) is 0 Å². The van der Waals surface area contributed by atoms with E-state index in [9.17, 15) is 29.4 Å². The Hall–Kier alpha value is -3.36. The molecule has 3 rings (SSSR count). The third-order valence-electron chi connectivity index (χ3n) is 4.95. The molecule has 0 saturated carbocycles. The Morgan fingerprint density at radius 1 is 0.926 bits per heavy atom. The number of carbonyl (C=O) groups is 4. The summed E-state index contributed by atoms with van der Waals surface area (Å²) >= 11 is 0. The van der Waals surface area contributed by atoms with Gasteiger partial charge in [0.15, 0.2) is 17.0 Å². The maximum atomic E-state index is 12.5. The van der Waals surface area contributed by atoms with Gasteiger partial charge in [0.2, 0.25) is 5.78 Å². The van der Waals surface area contributed by atoms with Crippen LogP contribution in [-0.2, 0) is 36.6 Å². The number of hydrogen-bond donors (Lipinski definition) is 2. The molecule has 0 aliphatic heterocycles. The van der Waals surface area contributed by atoms with Crippen LogP contribution in [0.25, 0.3) is 0 Å². The van der Waals surface area contributed by atoms with E-state index < -0.39 is 51.5 Å². The number of methoxy groups -OCH3 is 3. The zero-order valence-corrected chi connectivity index (χ0v) is 14.7. The minimum atomic E-state index is -1.84. The van der Waals surface area contributed by atoms with Crippen LogP contribution in [0.15, 0.2) is 11.8 Å². The molecule has 0 bridgehead atoms. The summed E-state index contributed by atoms with van der Waals surface area (Å²) in [7, 11) is 3.36. The largest absolute Gasteiger partial charge is 0.507 e. The third-order valence-corrected chi connectivity index (χ3v) is 4.95. The van der Waals surface area contributed by atoms with Gasteiger partial charge in [0.25, 0.3) is 0 Å². The van der Waals surface area contributed by atoms with E-state index >= 15 is 0 Å². The number of hydrogen-bond acceptors (Lipinski definition) is 9. The Kier molecular flexibility index (Phi) is 4.17. The first kappa shape index (κ1) is 18.4. The number of phenols is 2. The molecule has 9 heteroatoms. The van der Waals surface area contributed by atoms with E-state index in [0.717, 1.165) is 20.3 Å². The van der Waals surface area contributed by atoms with Gasteiger partial charge in [0.05, 0.1) is 32.5 Å². The van der Waals surface area contributed by atoms with Crippen molar-refractivity contribution in [1.82, 2.24) is 0 Å². The fourth-order valence-electron chi connectivity index (χ4n) is 3.63. The van der Waals surface area contributed by atoms with E-state index in [0.29, 0.717) is 0 Å². The van der Waals surface area contributed by atoms with E-state index in [1.807, 2.05) is 0 Å². The minimum Gasteiger partial charge on any atom is -0.507 e. The molecule has 0 amide bonds. The lowest BCUT2D eigenvalue weighted by atomic mass is 9.84. The van der Waals surface area contributed by atoms with Crippen molar-refractivity contribution in [2.75, 3.05) is 21.3 Å². The fourth-order valence-corrected chi connectivity index (χ4v) is 3.63. The number of ketones is 2. The molecule has 1 aromatic carbocycles. The summed E-state index contributed by atoms with van der Waals surface area (Å²) in [6, 6.07) is 0. The highest BCUT2D eigenvalue weighted by Crippen LogP contribution is 2.50. The monoisotopic (exact) mass is 376 g/mol. The molecule has 0 unspecified atom stereocenters. The van der Waals surface area contributed by atoms with Crippen LogP contribution in [-0.4, -0.2) is 55.0 Å². The van der Waals surface area contributed by atoms with Crippen LogP contribution in [0.3, 0.4) is 0 Å². The summed E-state index contributed by atoms with van der Waals surface area (Å²) in [5, 5.41) is 21.3. The van der Waals surface area contributed by atoms with Gasteiger partial charge in [0, 0.05) is 30.0 Å². The molecule has 27 heavy (non-hydrogen) atoms. The van der Waals surface area contributed by atoms with Crippen molar-refractivity contribution in [3.05, 3.63) is 34.1 Å². The van der Waals surface area contributed by atoms with Gasteiger partial charge >= 0.3 is 11.9 Å². The maximum absolute atomic E-state index is 12.5. The number of Topliss-reactive ketones (excluding diaryl/α,β-unsaturated/α-hetero) is 1. The summed E-state index contributed by atoms with van der Waals surface area (Å²) in [5.41, 5.74) is -2.66. The molecule has 0 aromatic heterocycles. The fraction of sp³-hybridized carbons (Fsp3) is 0.333. The summed E-state index contributed by atoms with van der Waals surface area (Å²) in [6.45, 7) is 0. The van der Waals surface area contributed by atoms with Crippen LogP contribution < -0.4 is 0 Å². The maximum Gasteiger partial charge on any atom is 0.323 e. The van der Waals surface area contributed by atoms with Crippen LogP contribution in [0.5, 0.6) is 11.5 Å². The molecular formula is C18H16O9. The molecule has 2 N–H and O–H groups in total. The lowest BCUT2D eigenvalue weighted by molar-refractivity contribution is -0.168. The van der Waals surface area contributed by atoms with Gasteiger partial charge in [-0.05, 0) is 0 Å². The van der Waals surface area contributed by atoms with Gasteiger partial charge < -0.3 is 24.4 Å². The average molecular weight is 376 g/mol. The average Bonchev–Trinajstić information content (AvgIpc) is 3.08. The molecule has 0 fully saturated rings. The quantitative estimate of drug-likeness (QED) is 0.437. The third kappa shape index (κ3) is 2.31. The number of allylic oxidation sites excluding steroid dienone is 2. The Labute approximate surface area is 153 Å². The molecule has 2 aliphatic rings. The van der Waals surface area contributed by atoms with Crippen molar-refractivity contribution in [2.45, 2.75) is 12.8 Å². The Morgan fingerprint density at radius 3 is 1.85 bits per heavy atom. The number of carbonyl (C=O) groups excluding carboxylic acids is 4. The number of aromatic hydroxyl groups is 2. The summed E-state index contributed by atoms with van der Waals surface area (Å²) in [6.07, 6.45) is 0.192. The van der Waals surface area contributed by atoms with Crippen molar-refractivity contribution >= 4 is 23.5 Å². The van der Waals surface area contributed by atoms with E-state index in [2.05, 4.69) is 0 Å². The molecule has 0 spiro atoms. The van der Waals surface area contributed by atoms with Gasteiger partial charge in [-0.25, -0.2) is 0 Å². The van der Waals surface area contributed by atoms with Crippen LogP contribution in [0.1, 0.15) is 31.8 Å². The first-order valence-corrected chi connectivity index (χ1v) is 7.84. The Morgan fingerprint density at radius 2 is 1.41 bits per heavy atom. The molecule has 0 radical (unpaired) electrons.